The molecular formula is C13H23NO2S. The molecule has 4 heteroatoms. The van der Waals surface area contributed by atoms with Crippen LogP contribution in [0.3, 0.4) is 0 Å². The van der Waals surface area contributed by atoms with Crippen LogP contribution in [-0.2, 0) is 9.53 Å². The smallest absolute Gasteiger partial charge is 0.329 e. The summed E-state index contributed by atoms with van der Waals surface area (Å²) in [7, 11) is 0. The molecule has 1 saturated heterocycles. The average Bonchev–Trinajstić information content (AvgIpc) is 2.42. The van der Waals surface area contributed by atoms with Crippen LogP contribution in [0.1, 0.15) is 54.4 Å². The molecule has 0 amide bonds. The molecule has 0 N–H and O–H groups in total. The summed E-state index contributed by atoms with van der Waals surface area (Å²) in [6.45, 7) is 11.9. The number of carbonyl (C=O) groups excluding carboxylic acids is 1. The number of hydrogen-bond acceptors (Lipinski definition) is 3. The van der Waals surface area contributed by atoms with Gasteiger partial charge in [0.15, 0.2) is 0 Å². The maximum Gasteiger partial charge on any atom is 0.329 e. The van der Waals surface area contributed by atoms with Crippen molar-refractivity contribution in [3.63, 3.8) is 0 Å². The molecule has 0 aromatic rings. The summed E-state index contributed by atoms with van der Waals surface area (Å²) >= 11 is 5.34. The number of esters is 1. The Morgan fingerprint density at radius 2 is 1.82 bits per heavy atom. The van der Waals surface area contributed by atoms with Gasteiger partial charge in [-0.05, 0) is 48.0 Å². The lowest BCUT2D eigenvalue weighted by atomic mass is 10.0. The largest absolute Gasteiger partial charge is 0.458 e. The van der Waals surface area contributed by atoms with Crippen molar-refractivity contribution < 1.29 is 9.53 Å². The number of carbonyl (C=O) groups is 1. The van der Waals surface area contributed by atoms with Gasteiger partial charge in [0.05, 0.1) is 4.99 Å². The Balaban J connectivity index is 2.84. The normalized spacial score (nSPS) is 21.9. The molecule has 0 aliphatic carbocycles. The van der Waals surface area contributed by atoms with Crippen LogP contribution in [0.5, 0.6) is 0 Å². The van der Waals surface area contributed by atoms with Crippen LogP contribution < -0.4 is 0 Å². The third-order valence-corrected chi connectivity index (χ3v) is 3.01. The van der Waals surface area contributed by atoms with E-state index in [2.05, 4.69) is 20.8 Å². The summed E-state index contributed by atoms with van der Waals surface area (Å²) in [5.41, 5.74) is -0.569. The molecule has 1 rings (SSSR count). The van der Waals surface area contributed by atoms with E-state index in [9.17, 15) is 4.79 Å². The van der Waals surface area contributed by atoms with Gasteiger partial charge in [0, 0.05) is 12.0 Å². The Bertz CT molecular complexity index is 325. The van der Waals surface area contributed by atoms with Gasteiger partial charge in [-0.15, -0.1) is 0 Å². The van der Waals surface area contributed by atoms with E-state index in [1.807, 2.05) is 25.7 Å². The molecule has 0 aromatic heterocycles. The highest BCUT2D eigenvalue weighted by Crippen LogP contribution is 2.30. The first-order chi connectivity index (χ1) is 7.52. The van der Waals surface area contributed by atoms with Crippen LogP contribution in [0.4, 0.5) is 0 Å². The molecular weight excluding hydrogens is 234 g/mol. The van der Waals surface area contributed by atoms with Gasteiger partial charge in [-0.2, -0.15) is 0 Å². The van der Waals surface area contributed by atoms with Gasteiger partial charge >= 0.3 is 5.97 Å². The molecule has 1 aliphatic rings. The number of ether oxygens (including phenoxy) is 1. The predicted molar refractivity (Wildman–Crippen MR) is 73.1 cm³/mol. The van der Waals surface area contributed by atoms with Crippen molar-refractivity contribution in [1.82, 2.24) is 4.90 Å². The highest BCUT2D eigenvalue weighted by Gasteiger charge is 2.41. The molecule has 0 spiro atoms. The Morgan fingerprint density at radius 3 is 2.24 bits per heavy atom. The Kier molecular flexibility index (Phi) is 3.87. The van der Waals surface area contributed by atoms with Crippen molar-refractivity contribution in [2.75, 3.05) is 0 Å². The number of thiocarbonyl (C=S) groups is 1. The van der Waals surface area contributed by atoms with Crippen molar-refractivity contribution in [1.29, 1.82) is 0 Å². The van der Waals surface area contributed by atoms with Crippen LogP contribution in [0.2, 0.25) is 0 Å². The summed E-state index contributed by atoms with van der Waals surface area (Å²) in [5.74, 6) is -0.160. The summed E-state index contributed by atoms with van der Waals surface area (Å²) in [4.78, 5) is 15.0. The van der Waals surface area contributed by atoms with Gasteiger partial charge in [0.2, 0.25) is 0 Å². The fourth-order valence-corrected chi connectivity index (χ4v) is 2.64. The molecule has 98 valence electrons. The first kappa shape index (κ1) is 14.4. The molecule has 0 bridgehead atoms. The molecule has 1 atom stereocenters. The summed E-state index contributed by atoms with van der Waals surface area (Å²) in [5, 5.41) is 0. The minimum atomic E-state index is -0.440. The maximum atomic E-state index is 12.1. The van der Waals surface area contributed by atoms with E-state index in [1.165, 1.54) is 0 Å². The fourth-order valence-electron chi connectivity index (χ4n) is 2.12. The third-order valence-electron chi connectivity index (χ3n) is 2.61. The van der Waals surface area contributed by atoms with E-state index in [-0.39, 0.29) is 17.6 Å². The second-order valence-electron chi connectivity index (χ2n) is 6.52. The van der Waals surface area contributed by atoms with Crippen molar-refractivity contribution in [2.45, 2.75) is 71.6 Å². The molecule has 3 nitrogen and oxygen atoms in total. The monoisotopic (exact) mass is 257 g/mol. The topological polar surface area (TPSA) is 29.5 Å². The van der Waals surface area contributed by atoms with E-state index in [0.717, 1.165) is 17.8 Å². The number of nitrogens with zero attached hydrogens (tertiary/aromatic N) is 1. The molecule has 0 saturated carbocycles. The van der Waals surface area contributed by atoms with Crippen molar-refractivity contribution in [2.24, 2.45) is 0 Å². The summed E-state index contributed by atoms with van der Waals surface area (Å²) in [6.07, 6.45) is 1.57. The van der Waals surface area contributed by atoms with E-state index >= 15 is 0 Å². The number of rotatable bonds is 1. The maximum absolute atomic E-state index is 12.1. The van der Waals surface area contributed by atoms with Crippen molar-refractivity contribution in [3.8, 4) is 0 Å². The quantitative estimate of drug-likeness (QED) is 0.533. The average molecular weight is 257 g/mol. The predicted octanol–water partition coefficient (Wildman–Crippen LogP) is 2.92. The molecule has 1 fully saturated rings. The minimum Gasteiger partial charge on any atom is -0.458 e. The van der Waals surface area contributed by atoms with Gasteiger partial charge in [0.25, 0.3) is 0 Å². The zero-order valence-corrected chi connectivity index (χ0v) is 12.5. The van der Waals surface area contributed by atoms with E-state index in [0.29, 0.717) is 0 Å². The van der Waals surface area contributed by atoms with Gasteiger partial charge in [0.1, 0.15) is 11.6 Å². The molecule has 0 aromatic carbocycles. The van der Waals surface area contributed by atoms with Gasteiger partial charge in [-0.1, -0.05) is 12.2 Å². The van der Waals surface area contributed by atoms with Gasteiger partial charge in [-0.25, -0.2) is 4.79 Å². The fraction of sp³-hybridized carbons (Fsp3) is 0.846. The number of likely N-dealkylation sites (tertiary alicyclic amines) is 1. The lowest BCUT2D eigenvalue weighted by Gasteiger charge is -2.38. The number of hydrogen-bond donors (Lipinski definition) is 0. The highest BCUT2D eigenvalue weighted by molar-refractivity contribution is 7.80. The molecule has 1 heterocycles. The summed E-state index contributed by atoms with van der Waals surface area (Å²) in [6, 6.07) is -0.221. The van der Waals surface area contributed by atoms with Crippen LogP contribution in [-0.4, -0.2) is 33.0 Å². The second kappa shape index (κ2) is 4.56. The first-order valence-electron chi connectivity index (χ1n) is 6.07. The first-order valence-corrected chi connectivity index (χ1v) is 6.48. The van der Waals surface area contributed by atoms with E-state index in [1.54, 1.807) is 0 Å². The van der Waals surface area contributed by atoms with Crippen LogP contribution >= 0.6 is 12.2 Å². The minimum absolute atomic E-state index is 0.130. The third kappa shape index (κ3) is 3.66. The molecule has 17 heavy (non-hydrogen) atoms. The second-order valence-corrected chi connectivity index (χ2v) is 6.99. The summed E-state index contributed by atoms with van der Waals surface area (Å²) < 4.78 is 5.46. The lowest BCUT2D eigenvalue weighted by molar-refractivity contribution is -0.160. The van der Waals surface area contributed by atoms with Gasteiger partial charge in [-0.3, -0.25) is 0 Å². The van der Waals surface area contributed by atoms with Crippen LogP contribution in [0, 0.1) is 0 Å². The zero-order chi connectivity index (χ0) is 13.4. The molecule has 1 aliphatic heterocycles. The Hall–Kier alpha value is -0.640. The van der Waals surface area contributed by atoms with E-state index in [4.69, 9.17) is 17.0 Å². The van der Waals surface area contributed by atoms with Crippen molar-refractivity contribution >= 4 is 23.2 Å². The van der Waals surface area contributed by atoms with Crippen LogP contribution in [0.25, 0.3) is 0 Å². The Morgan fingerprint density at radius 1 is 1.29 bits per heavy atom. The van der Waals surface area contributed by atoms with Crippen LogP contribution in [0.15, 0.2) is 0 Å². The molecule has 0 unspecified atom stereocenters. The SMILES string of the molecule is CC(C)(C)OC(=O)[C@@H]1CCC(=S)N1C(C)(C)C. The standard InChI is InChI=1S/C13H23NO2S/c1-12(2,3)14-9(7-8-10(14)17)11(15)16-13(4,5)6/h9H,7-8H2,1-6H3/t9-/m0/s1. The van der Waals surface area contributed by atoms with E-state index < -0.39 is 5.60 Å². The van der Waals surface area contributed by atoms with Gasteiger partial charge < -0.3 is 9.64 Å². The Labute approximate surface area is 110 Å². The van der Waals surface area contributed by atoms with Crippen molar-refractivity contribution in [3.05, 3.63) is 0 Å². The lowest BCUT2D eigenvalue weighted by Crippen LogP contribution is -2.51. The molecule has 0 radical (unpaired) electrons. The zero-order valence-electron chi connectivity index (χ0n) is 11.7. The highest BCUT2D eigenvalue weighted by atomic mass is 32.1.